The summed E-state index contributed by atoms with van der Waals surface area (Å²) in [5.41, 5.74) is 0. The Bertz CT molecular complexity index is 636. The predicted molar refractivity (Wildman–Crippen MR) is 93.6 cm³/mol. The normalized spacial score (nSPS) is 21.2. The van der Waals surface area contributed by atoms with Crippen LogP contribution in [0.15, 0.2) is 0 Å². The molecule has 2 rings (SSSR count). The number of sulfonamides is 1. The zero-order chi connectivity index (χ0) is 19.3. The highest BCUT2D eigenvalue weighted by atomic mass is 32.2. The summed E-state index contributed by atoms with van der Waals surface area (Å²) in [5, 5.41) is 4.91. The van der Waals surface area contributed by atoms with Crippen LogP contribution >= 0.6 is 0 Å². The predicted octanol–water partition coefficient (Wildman–Crippen LogP) is 0.358. The van der Waals surface area contributed by atoms with E-state index in [-0.39, 0.29) is 19.1 Å². The van der Waals surface area contributed by atoms with Crippen molar-refractivity contribution >= 4 is 27.9 Å². The lowest BCUT2D eigenvalue weighted by atomic mass is 9.98. The molecule has 0 bridgehead atoms. The highest BCUT2D eigenvalue weighted by Crippen LogP contribution is 2.21. The molecule has 0 aromatic rings. The molecule has 1 atom stereocenters. The first-order valence-electron chi connectivity index (χ1n) is 8.94. The van der Waals surface area contributed by atoms with Gasteiger partial charge in [-0.15, -0.1) is 0 Å². The van der Waals surface area contributed by atoms with E-state index in [9.17, 15) is 22.8 Å². The quantitative estimate of drug-likeness (QED) is 0.655. The van der Waals surface area contributed by atoms with Gasteiger partial charge in [-0.2, -0.15) is 0 Å². The summed E-state index contributed by atoms with van der Waals surface area (Å²) in [6.45, 7) is 1.91. The third-order valence-corrected chi connectivity index (χ3v) is 6.15. The maximum absolute atomic E-state index is 12.2. The number of carbonyl (C=O) groups excluding carboxylic acids is 3. The van der Waals surface area contributed by atoms with Crippen LogP contribution in [0, 0.1) is 5.92 Å². The number of urea groups is 1. The number of nitrogens with zero attached hydrogens (tertiary/aromatic N) is 1. The number of carbonyl (C=O) groups is 3. The van der Waals surface area contributed by atoms with Crippen LogP contribution in [-0.4, -0.2) is 62.1 Å². The molecule has 0 aromatic carbocycles. The molecule has 0 spiro atoms. The molecule has 2 fully saturated rings. The standard InChI is InChI=1S/C16H27N3O6S/c1-11(14(20)18-16(22)17-13-5-3-4-6-13)25-15(21)12-7-9-19(10-8-12)26(2,23)24/h11-13H,3-10H2,1-2H3,(H2,17,18,20,22). The van der Waals surface area contributed by atoms with Gasteiger partial charge in [0.15, 0.2) is 6.10 Å². The van der Waals surface area contributed by atoms with Crippen LogP contribution in [0.5, 0.6) is 0 Å². The molecule has 10 heteroatoms. The van der Waals surface area contributed by atoms with Gasteiger partial charge in [-0.1, -0.05) is 12.8 Å². The SMILES string of the molecule is CC(OC(=O)C1CCN(S(C)(=O)=O)CC1)C(=O)NC(=O)NC1CCCC1. The van der Waals surface area contributed by atoms with Crippen LogP contribution in [0.25, 0.3) is 0 Å². The molecule has 1 aliphatic carbocycles. The van der Waals surface area contributed by atoms with E-state index in [1.165, 1.54) is 11.2 Å². The molecule has 1 aliphatic heterocycles. The first kappa shape index (κ1) is 20.6. The average Bonchev–Trinajstić information content (AvgIpc) is 3.06. The van der Waals surface area contributed by atoms with Crippen LogP contribution in [0.4, 0.5) is 4.79 Å². The smallest absolute Gasteiger partial charge is 0.321 e. The van der Waals surface area contributed by atoms with Gasteiger partial charge in [-0.3, -0.25) is 14.9 Å². The number of hydrogen-bond donors (Lipinski definition) is 2. The molecule has 1 saturated heterocycles. The highest BCUT2D eigenvalue weighted by molar-refractivity contribution is 7.88. The van der Waals surface area contributed by atoms with E-state index >= 15 is 0 Å². The van der Waals surface area contributed by atoms with Crippen molar-refractivity contribution in [2.24, 2.45) is 5.92 Å². The first-order valence-corrected chi connectivity index (χ1v) is 10.8. The maximum Gasteiger partial charge on any atom is 0.321 e. The molecule has 9 nitrogen and oxygen atoms in total. The van der Waals surface area contributed by atoms with Gasteiger partial charge in [0, 0.05) is 19.1 Å². The van der Waals surface area contributed by atoms with E-state index in [2.05, 4.69) is 10.6 Å². The van der Waals surface area contributed by atoms with Crippen molar-refractivity contribution in [3.05, 3.63) is 0 Å². The molecule has 2 N–H and O–H groups in total. The Balaban J connectivity index is 1.74. The summed E-state index contributed by atoms with van der Waals surface area (Å²) in [5.74, 6) is -1.67. The van der Waals surface area contributed by atoms with Crippen molar-refractivity contribution in [1.82, 2.24) is 14.9 Å². The first-order chi connectivity index (χ1) is 12.2. The summed E-state index contributed by atoms with van der Waals surface area (Å²) in [7, 11) is -3.26. The zero-order valence-corrected chi connectivity index (χ0v) is 16.0. The fraction of sp³-hybridized carbons (Fsp3) is 0.812. The van der Waals surface area contributed by atoms with Crippen LogP contribution in [0.1, 0.15) is 45.4 Å². The lowest BCUT2D eigenvalue weighted by Gasteiger charge is -2.29. The Morgan fingerprint density at radius 1 is 1.08 bits per heavy atom. The molecule has 148 valence electrons. The monoisotopic (exact) mass is 389 g/mol. The van der Waals surface area contributed by atoms with Gasteiger partial charge in [0.1, 0.15) is 0 Å². The minimum Gasteiger partial charge on any atom is -0.452 e. The average molecular weight is 389 g/mol. The van der Waals surface area contributed by atoms with Crippen molar-refractivity contribution in [2.75, 3.05) is 19.3 Å². The van der Waals surface area contributed by atoms with E-state index in [0.29, 0.717) is 12.8 Å². The largest absolute Gasteiger partial charge is 0.452 e. The van der Waals surface area contributed by atoms with Gasteiger partial charge in [-0.25, -0.2) is 17.5 Å². The molecule has 1 saturated carbocycles. The van der Waals surface area contributed by atoms with Crippen LogP contribution in [0.3, 0.4) is 0 Å². The molecule has 1 unspecified atom stereocenters. The van der Waals surface area contributed by atoms with Crippen LogP contribution in [0.2, 0.25) is 0 Å². The Labute approximate surface area is 153 Å². The minimum atomic E-state index is -3.26. The molecule has 2 aliphatic rings. The highest BCUT2D eigenvalue weighted by Gasteiger charge is 2.32. The van der Waals surface area contributed by atoms with Crippen molar-refractivity contribution in [2.45, 2.75) is 57.6 Å². The number of amides is 3. The fourth-order valence-corrected chi connectivity index (χ4v) is 4.13. The molecule has 0 radical (unpaired) electrons. The van der Waals surface area contributed by atoms with Gasteiger partial charge in [0.2, 0.25) is 10.0 Å². The number of esters is 1. The maximum atomic E-state index is 12.2. The second-order valence-corrected chi connectivity index (χ2v) is 8.94. The number of nitrogens with one attached hydrogen (secondary N) is 2. The molecular weight excluding hydrogens is 362 g/mol. The van der Waals surface area contributed by atoms with E-state index in [1.807, 2.05) is 0 Å². The second-order valence-electron chi connectivity index (χ2n) is 6.96. The minimum absolute atomic E-state index is 0.0840. The lowest BCUT2D eigenvalue weighted by molar-refractivity contribution is -0.159. The molecule has 26 heavy (non-hydrogen) atoms. The van der Waals surface area contributed by atoms with E-state index in [0.717, 1.165) is 31.9 Å². The van der Waals surface area contributed by atoms with Crippen molar-refractivity contribution in [3.8, 4) is 0 Å². The molecule has 3 amide bonds. The second kappa shape index (κ2) is 8.81. The number of hydrogen-bond acceptors (Lipinski definition) is 6. The van der Waals surface area contributed by atoms with E-state index in [4.69, 9.17) is 4.74 Å². The summed E-state index contributed by atoms with van der Waals surface area (Å²) >= 11 is 0. The van der Waals surface area contributed by atoms with Crippen molar-refractivity contribution < 1.29 is 27.5 Å². The van der Waals surface area contributed by atoms with Gasteiger partial charge < -0.3 is 10.1 Å². The van der Waals surface area contributed by atoms with Crippen LogP contribution in [-0.2, 0) is 24.3 Å². The van der Waals surface area contributed by atoms with Gasteiger partial charge in [-0.05, 0) is 32.6 Å². The van der Waals surface area contributed by atoms with Gasteiger partial charge in [0.25, 0.3) is 5.91 Å². The Hall–Kier alpha value is -1.68. The van der Waals surface area contributed by atoms with Gasteiger partial charge >= 0.3 is 12.0 Å². The summed E-state index contributed by atoms with van der Waals surface area (Å²) in [6, 6.07) is -0.494. The van der Waals surface area contributed by atoms with Gasteiger partial charge in [0.05, 0.1) is 12.2 Å². The topological polar surface area (TPSA) is 122 Å². The molecule has 1 heterocycles. The van der Waals surface area contributed by atoms with Crippen molar-refractivity contribution in [1.29, 1.82) is 0 Å². The fourth-order valence-electron chi connectivity index (χ4n) is 3.25. The van der Waals surface area contributed by atoms with E-state index in [1.54, 1.807) is 0 Å². The Morgan fingerprint density at radius 2 is 1.65 bits per heavy atom. The summed E-state index contributed by atoms with van der Waals surface area (Å²) < 4.78 is 29.4. The molecular formula is C16H27N3O6S. The third-order valence-electron chi connectivity index (χ3n) is 4.85. The number of rotatable bonds is 5. The van der Waals surface area contributed by atoms with Crippen molar-refractivity contribution in [3.63, 3.8) is 0 Å². The Morgan fingerprint density at radius 3 is 2.19 bits per heavy atom. The third kappa shape index (κ3) is 5.94. The number of imide groups is 1. The van der Waals surface area contributed by atoms with Crippen LogP contribution < -0.4 is 10.6 Å². The summed E-state index contributed by atoms with van der Waals surface area (Å²) in [4.78, 5) is 35.9. The molecule has 0 aromatic heterocycles. The summed E-state index contributed by atoms with van der Waals surface area (Å²) in [6.07, 6.45) is 4.66. The number of piperidine rings is 1. The Kier molecular flexibility index (Phi) is 6.99. The number of ether oxygens (including phenoxy) is 1. The van der Waals surface area contributed by atoms with E-state index < -0.39 is 40.0 Å². The zero-order valence-electron chi connectivity index (χ0n) is 15.2. The lowest BCUT2D eigenvalue weighted by Crippen LogP contribution is -2.48.